The first-order chi connectivity index (χ1) is 11.5. The summed E-state index contributed by atoms with van der Waals surface area (Å²) in [4.78, 5) is 16.8. The van der Waals surface area contributed by atoms with Gasteiger partial charge < -0.3 is 9.73 Å². The molecule has 1 N–H and O–H groups in total. The second-order valence-corrected chi connectivity index (χ2v) is 7.82. The van der Waals surface area contributed by atoms with Crippen molar-refractivity contribution >= 4 is 40.4 Å². The maximum absolute atomic E-state index is 12.5. The van der Waals surface area contributed by atoms with Gasteiger partial charge in [-0.3, -0.25) is 4.79 Å². The van der Waals surface area contributed by atoms with Crippen LogP contribution in [-0.2, 0) is 4.79 Å². The predicted molar refractivity (Wildman–Crippen MR) is 93.9 cm³/mol. The molecule has 1 saturated carbocycles. The summed E-state index contributed by atoms with van der Waals surface area (Å²) < 4.78 is 5.63. The minimum Gasteiger partial charge on any atom is -0.431 e. The molecule has 0 aliphatic heterocycles. The summed E-state index contributed by atoms with van der Waals surface area (Å²) in [5, 5.41) is 13.0. The van der Waals surface area contributed by atoms with Crippen molar-refractivity contribution in [3.8, 4) is 6.07 Å². The Hall–Kier alpha value is -1.71. The number of benzene rings is 1. The van der Waals surface area contributed by atoms with E-state index in [0.29, 0.717) is 34.2 Å². The van der Waals surface area contributed by atoms with Gasteiger partial charge in [-0.15, -0.1) is 0 Å². The average Bonchev–Trinajstić information content (AvgIpc) is 2.96. The summed E-state index contributed by atoms with van der Waals surface area (Å²) in [5.74, 6) is -0.163. The molecule has 0 radical (unpaired) electrons. The monoisotopic (exact) mass is 363 g/mol. The topological polar surface area (TPSA) is 78.9 Å². The van der Waals surface area contributed by atoms with Crippen LogP contribution in [0.4, 0.5) is 0 Å². The molecule has 1 fully saturated rings. The van der Waals surface area contributed by atoms with Crippen LogP contribution >= 0.6 is 23.4 Å². The fourth-order valence-electron chi connectivity index (χ4n) is 2.89. The first-order valence-corrected chi connectivity index (χ1v) is 9.23. The number of carbonyl (C=O) groups excluding carboxylic acids is 1. The number of oxazole rings is 1. The zero-order valence-corrected chi connectivity index (χ0v) is 14.9. The summed E-state index contributed by atoms with van der Waals surface area (Å²) in [5.41, 5.74) is 0.576. The predicted octanol–water partition coefficient (Wildman–Crippen LogP) is 4.30. The van der Waals surface area contributed by atoms with Crippen LogP contribution in [0.3, 0.4) is 0 Å². The van der Waals surface area contributed by atoms with Gasteiger partial charge in [0.1, 0.15) is 11.1 Å². The lowest BCUT2D eigenvalue weighted by molar-refractivity contribution is -0.122. The molecule has 1 amide bonds. The quantitative estimate of drug-likeness (QED) is 0.819. The molecule has 1 aromatic heterocycles. The van der Waals surface area contributed by atoms with Gasteiger partial charge in [0.25, 0.3) is 5.22 Å². The van der Waals surface area contributed by atoms with Crippen LogP contribution in [0.25, 0.3) is 11.1 Å². The number of hydrogen-bond acceptors (Lipinski definition) is 5. The molecular formula is C17H18ClN3O2S. The first kappa shape index (κ1) is 17.1. The Morgan fingerprint density at radius 2 is 2.21 bits per heavy atom. The van der Waals surface area contributed by atoms with Crippen LogP contribution < -0.4 is 5.32 Å². The van der Waals surface area contributed by atoms with E-state index in [0.717, 1.165) is 19.3 Å². The third-order valence-corrected chi connectivity index (χ3v) is 5.44. The number of nitrogens with zero attached hydrogens (tertiary/aromatic N) is 2. The molecule has 0 bridgehead atoms. The van der Waals surface area contributed by atoms with Crippen LogP contribution in [0.1, 0.15) is 39.0 Å². The Morgan fingerprint density at radius 1 is 1.46 bits per heavy atom. The number of halogens is 1. The summed E-state index contributed by atoms with van der Waals surface area (Å²) in [6.45, 7) is 1.79. The summed E-state index contributed by atoms with van der Waals surface area (Å²) in [6, 6.07) is 7.52. The van der Waals surface area contributed by atoms with E-state index in [9.17, 15) is 10.1 Å². The number of fused-ring (bicyclic) bond motifs is 1. The van der Waals surface area contributed by atoms with Gasteiger partial charge in [-0.25, -0.2) is 4.98 Å². The largest absolute Gasteiger partial charge is 0.431 e. The number of nitriles is 1. The van der Waals surface area contributed by atoms with Crippen molar-refractivity contribution in [3.63, 3.8) is 0 Å². The molecule has 1 aliphatic rings. The highest BCUT2D eigenvalue weighted by atomic mass is 35.5. The van der Waals surface area contributed by atoms with Crippen molar-refractivity contribution in [1.29, 1.82) is 5.26 Å². The fraction of sp³-hybridized carbons (Fsp3) is 0.471. The maximum atomic E-state index is 12.5. The van der Waals surface area contributed by atoms with Gasteiger partial charge in [0.05, 0.1) is 11.3 Å². The molecule has 1 atom stereocenters. The highest BCUT2D eigenvalue weighted by Crippen LogP contribution is 2.31. The number of thioether (sulfide) groups is 1. The molecule has 126 valence electrons. The normalized spacial score (nSPS) is 18.0. The Kier molecular flexibility index (Phi) is 5.02. The molecule has 1 aliphatic carbocycles. The van der Waals surface area contributed by atoms with E-state index >= 15 is 0 Å². The lowest BCUT2D eigenvalue weighted by atomic mass is 9.83. The standard InChI is InChI=1S/C17H18ClN3O2S/c1-11(15(22)21-17(10-19)7-3-2-4-8-17)24-16-20-13-9-12(18)5-6-14(13)23-16/h5-6,9,11H,2-4,7-8H2,1H3,(H,21,22). The molecule has 5 nitrogen and oxygen atoms in total. The average molecular weight is 364 g/mol. The van der Waals surface area contributed by atoms with Crippen molar-refractivity contribution < 1.29 is 9.21 Å². The maximum Gasteiger partial charge on any atom is 0.257 e. The number of amides is 1. The molecule has 7 heteroatoms. The van der Waals surface area contributed by atoms with E-state index in [1.54, 1.807) is 25.1 Å². The molecule has 3 rings (SSSR count). The number of carbonyl (C=O) groups is 1. The van der Waals surface area contributed by atoms with Crippen molar-refractivity contribution in [2.45, 2.75) is 55.0 Å². The van der Waals surface area contributed by atoms with E-state index in [-0.39, 0.29) is 5.91 Å². The molecule has 1 aromatic carbocycles. The van der Waals surface area contributed by atoms with Crippen LogP contribution in [0.5, 0.6) is 0 Å². The van der Waals surface area contributed by atoms with Gasteiger partial charge in [-0.05, 0) is 38.0 Å². The van der Waals surface area contributed by atoms with Crippen molar-refractivity contribution in [1.82, 2.24) is 10.3 Å². The smallest absolute Gasteiger partial charge is 0.257 e. The third kappa shape index (κ3) is 3.68. The summed E-state index contributed by atoms with van der Waals surface area (Å²) >= 11 is 7.18. The molecule has 0 saturated heterocycles. The Morgan fingerprint density at radius 3 is 2.92 bits per heavy atom. The van der Waals surface area contributed by atoms with Crippen LogP contribution in [0.15, 0.2) is 27.8 Å². The zero-order valence-electron chi connectivity index (χ0n) is 13.3. The SMILES string of the molecule is CC(Sc1nc2cc(Cl)ccc2o1)C(=O)NC1(C#N)CCCCC1. The van der Waals surface area contributed by atoms with Crippen molar-refractivity contribution in [3.05, 3.63) is 23.2 Å². The van der Waals surface area contributed by atoms with Crippen molar-refractivity contribution in [2.75, 3.05) is 0 Å². The van der Waals surface area contributed by atoms with Gasteiger partial charge in [-0.1, -0.05) is 42.6 Å². The highest BCUT2D eigenvalue weighted by molar-refractivity contribution is 8.00. The number of aromatic nitrogens is 1. The minimum atomic E-state index is -0.723. The Bertz CT molecular complexity index is 793. The summed E-state index contributed by atoms with van der Waals surface area (Å²) in [7, 11) is 0. The van der Waals surface area contributed by atoms with E-state index in [2.05, 4.69) is 16.4 Å². The second kappa shape index (κ2) is 7.04. The first-order valence-electron chi connectivity index (χ1n) is 7.97. The molecule has 24 heavy (non-hydrogen) atoms. The van der Waals surface area contributed by atoms with Crippen LogP contribution in [-0.4, -0.2) is 21.7 Å². The van der Waals surface area contributed by atoms with Gasteiger partial charge in [0, 0.05) is 5.02 Å². The minimum absolute atomic E-state index is 0.163. The third-order valence-electron chi connectivity index (χ3n) is 4.26. The lowest BCUT2D eigenvalue weighted by Gasteiger charge is -2.32. The van der Waals surface area contributed by atoms with Gasteiger partial charge in [0.2, 0.25) is 5.91 Å². The Balaban J connectivity index is 1.67. The van der Waals surface area contributed by atoms with Gasteiger partial charge in [-0.2, -0.15) is 5.26 Å². The number of hydrogen-bond donors (Lipinski definition) is 1. The zero-order chi connectivity index (χ0) is 17.2. The van der Waals surface area contributed by atoms with E-state index < -0.39 is 10.8 Å². The number of nitrogens with one attached hydrogen (secondary N) is 1. The van der Waals surface area contributed by atoms with E-state index in [1.165, 1.54) is 11.8 Å². The van der Waals surface area contributed by atoms with Gasteiger partial charge >= 0.3 is 0 Å². The van der Waals surface area contributed by atoms with Crippen molar-refractivity contribution in [2.24, 2.45) is 0 Å². The second-order valence-electron chi connectivity index (χ2n) is 6.10. The molecule has 1 heterocycles. The Labute approximate surface area is 149 Å². The molecule has 0 spiro atoms. The van der Waals surface area contributed by atoms with Crippen LogP contribution in [0, 0.1) is 11.3 Å². The van der Waals surface area contributed by atoms with Gasteiger partial charge in [0.15, 0.2) is 5.58 Å². The number of rotatable bonds is 4. The van der Waals surface area contributed by atoms with E-state index in [1.807, 2.05) is 0 Å². The summed E-state index contributed by atoms with van der Waals surface area (Å²) in [6.07, 6.45) is 4.50. The fourth-order valence-corrected chi connectivity index (χ4v) is 3.82. The molecule has 1 unspecified atom stereocenters. The van der Waals surface area contributed by atoms with Crippen LogP contribution in [0.2, 0.25) is 5.02 Å². The highest BCUT2D eigenvalue weighted by Gasteiger charge is 2.35. The molecular weight excluding hydrogens is 346 g/mol. The van der Waals surface area contributed by atoms with E-state index in [4.69, 9.17) is 16.0 Å². The molecule has 2 aromatic rings. The lowest BCUT2D eigenvalue weighted by Crippen LogP contribution is -2.50.